The van der Waals surface area contributed by atoms with Crippen LogP contribution in [-0.2, 0) is 11.3 Å². The third-order valence-corrected chi connectivity index (χ3v) is 3.17. The van der Waals surface area contributed by atoms with Crippen LogP contribution in [0.5, 0.6) is 0 Å². The average Bonchev–Trinajstić information content (AvgIpc) is 2.18. The van der Waals surface area contributed by atoms with Crippen LogP contribution in [0.2, 0.25) is 0 Å². The van der Waals surface area contributed by atoms with Crippen molar-refractivity contribution in [2.45, 2.75) is 26.9 Å². The van der Waals surface area contributed by atoms with Crippen LogP contribution in [0.25, 0.3) is 0 Å². The van der Waals surface area contributed by atoms with Crippen LogP contribution >= 0.6 is 15.9 Å². The Hall–Kier alpha value is -0.540. The number of rotatable bonds is 5. The Kier molecular flexibility index (Phi) is 5.12. The molecule has 0 fully saturated rings. The summed E-state index contributed by atoms with van der Waals surface area (Å²) in [7, 11) is 0. The van der Waals surface area contributed by atoms with Gasteiger partial charge >= 0.3 is 0 Å². The van der Waals surface area contributed by atoms with E-state index in [0.29, 0.717) is 12.5 Å². The first kappa shape index (κ1) is 12.5. The lowest BCUT2D eigenvalue weighted by atomic mass is 10.1. The van der Waals surface area contributed by atoms with Gasteiger partial charge in [0, 0.05) is 16.8 Å². The molecule has 2 nitrogen and oxygen atoms in total. The molecular weight excluding hydrogens is 254 g/mol. The summed E-state index contributed by atoms with van der Waals surface area (Å²) in [6.07, 6.45) is 1.10. The molecule has 0 atom stereocenters. The molecule has 3 heteroatoms. The predicted molar refractivity (Wildman–Crippen MR) is 67.7 cm³/mol. The van der Waals surface area contributed by atoms with Gasteiger partial charge in [0.25, 0.3) is 0 Å². The fourth-order valence-corrected chi connectivity index (χ4v) is 1.59. The molecule has 0 heterocycles. The monoisotopic (exact) mass is 271 g/mol. The Morgan fingerprint density at radius 1 is 1.40 bits per heavy atom. The first-order valence-electron chi connectivity index (χ1n) is 5.22. The largest absolute Gasteiger partial charge is 0.398 e. The standard InChI is InChI=1S/C12H18BrNO/c1-9(2)6-7-15-8-10-4-3-5-11(14)12(10)13/h3-5,9H,6-8,14H2,1-2H3. The molecule has 0 amide bonds. The molecule has 15 heavy (non-hydrogen) atoms. The number of hydrogen-bond donors (Lipinski definition) is 1. The highest BCUT2D eigenvalue weighted by Gasteiger charge is 2.02. The molecule has 0 saturated heterocycles. The van der Waals surface area contributed by atoms with Gasteiger partial charge in [0.15, 0.2) is 0 Å². The Balaban J connectivity index is 2.41. The quantitative estimate of drug-likeness (QED) is 0.656. The van der Waals surface area contributed by atoms with Crippen molar-refractivity contribution in [1.29, 1.82) is 0 Å². The van der Waals surface area contributed by atoms with Crippen molar-refractivity contribution in [3.63, 3.8) is 0 Å². The van der Waals surface area contributed by atoms with E-state index in [4.69, 9.17) is 10.5 Å². The number of nitrogens with two attached hydrogens (primary N) is 1. The van der Waals surface area contributed by atoms with Gasteiger partial charge in [0.2, 0.25) is 0 Å². The number of nitrogen functional groups attached to an aromatic ring is 1. The minimum Gasteiger partial charge on any atom is -0.398 e. The molecule has 1 rings (SSSR count). The SMILES string of the molecule is CC(C)CCOCc1cccc(N)c1Br. The van der Waals surface area contributed by atoms with E-state index < -0.39 is 0 Å². The van der Waals surface area contributed by atoms with Crippen LogP contribution in [0.4, 0.5) is 5.69 Å². The molecule has 84 valence electrons. The van der Waals surface area contributed by atoms with Gasteiger partial charge in [-0.1, -0.05) is 26.0 Å². The highest BCUT2D eigenvalue weighted by Crippen LogP contribution is 2.24. The molecule has 0 radical (unpaired) electrons. The fraction of sp³-hybridized carbons (Fsp3) is 0.500. The molecule has 0 aromatic heterocycles. The maximum absolute atomic E-state index is 5.77. The second kappa shape index (κ2) is 6.13. The van der Waals surface area contributed by atoms with E-state index in [2.05, 4.69) is 29.8 Å². The molecule has 0 aliphatic rings. The lowest BCUT2D eigenvalue weighted by Crippen LogP contribution is -2.00. The van der Waals surface area contributed by atoms with Crippen molar-refractivity contribution >= 4 is 21.6 Å². The molecule has 0 spiro atoms. The summed E-state index contributed by atoms with van der Waals surface area (Å²) in [4.78, 5) is 0. The van der Waals surface area contributed by atoms with Gasteiger partial charge in [-0.15, -0.1) is 0 Å². The van der Waals surface area contributed by atoms with Crippen LogP contribution in [0.15, 0.2) is 22.7 Å². The van der Waals surface area contributed by atoms with Gasteiger partial charge in [0.05, 0.1) is 6.61 Å². The zero-order valence-electron chi connectivity index (χ0n) is 9.29. The molecule has 1 aromatic rings. The molecule has 0 saturated carbocycles. The van der Waals surface area contributed by atoms with Gasteiger partial charge in [-0.25, -0.2) is 0 Å². The Morgan fingerprint density at radius 2 is 2.13 bits per heavy atom. The molecule has 0 aliphatic heterocycles. The summed E-state index contributed by atoms with van der Waals surface area (Å²) in [6.45, 7) is 5.82. The van der Waals surface area contributed by atoms with Crippen LogP contribution in [0, 0.1) is 5.92 Å². The van der Waals surface area contributed by atoms with Crippen molar-refractivity contribution in [3.8, 4) is 0 Å². The number of halogens is 1. The van der Waals surface area contributed by atoms with E-state index in [9.17, 15) is 0 Å². The Morgan fingerprint density at radius 3 is 2.80 bits per heavy atom. The van der Waals surface area contributed by atoms with Gasteiger partial charge in [-0.3, -0.25) is 0 Å². The minimum absolute atomic E-state index is 0.623. The van der Waals surface area contributed by atoms with E-state index in [1.54, 1.807) is 0 Å². The fourth-order valence-electron chi connectivity index (χ4n) is 1.21. The Labute approximate surface area is 99.9 Å². The summed E-state index contributed by atoms with van der Waals surface area (Å²) in [6, 6.07) is 5.85. The molecule has 0 aliphatic carbocycles. The smallest absolute Gasteiger partial charge is 0.0728 e. The molecule has 0 unspecified atom stereocenters. The third-order valence-electron chi connectivity index (χ3n) is 2.21. The number of benzene rings is 1. The molecule has 2 N–H and O–H groups in total. The normalized spacial score (nSPS) is 10.9. The maximum atomic E-state index is 5.77. The summed E-state index contributed by atoms with van der Waals surface area (Å²) in [5.74, 6) is 0.689. The van der Waals surface area contributed by atoms with Crippen molar-refractivity contribution in [2.75, 3.05) is 12.3 Å². The second-order valence-electron chi connectivity index (χ2n) is 4.06. The van der Waals surface area contributed by atoms with Crippen molar-refractivity contribution < 1.29 is 4.74 Å². The van der Waals surface area contributed by atoms with Crippen molar-refractivity contribution in [2.24, 2.45) is 5.92 Å². The minimum atomic E-state index is 0.623. The zero-order chi connectivity index (χ0) is 11.3. The number of ether oxygens (including phenoxy) is 1. The predicted octanol–water partition coefficient (Wildman–Crippen LogP) is 3.59. The summed E-state index contributed by atoms with van der Waals surface area (Å²) >= 11 is 3.46. The molecular formula is C12H18BrNO. The molecule has 0 bridgehead atoms. The van der Waals surface area contributed by atoms with Crippen molar-refractivity contribution in [3.05, 3.63) is 28.2 Å². The van der Waals surface area contributed by atoms with Crippen LogP contribution in [0.1, 0.15) is 25.8 Å². The van der Waals surface area contributed by atoms with Crippen LogP contribution in [0.3, 0.4) is 0 Å². The first-order chi connectivity index (χ1) is 7.11. The zero-order valence-corrected chi connectivity index (χ0v) is 10.9. The third kappa shape index (κ3) is 4.22. The van der Waals surface area contributed by atoms with E-state index in [0.717, 1.165) is 28.8 Å². The summed E-state index contributed by atoms with van der Waals surface area (Å²) in [5, 5.41) is 0. The highest BCUT2D eigenvalue weighted by molar-refractivity contribution is 9.10. The average molecular weight is 272 g/mol. The van der Waals surface area contributed by atoms with Crippen LogP contribution in [-0.4, -0.2) is 6.61 Å². The molecule has 1 aromatic carbocycles. The van der Waals surface area contributed by atoms with Crippen LogP contribution < -0.4 is 5.73 Å². The van der Waals surface area contributed by atoms with Gasteiger partial charge in [-0.05, 0) is 39.9 Å². The number of anilines is 1. The summed E-state index contributed by atoms with van der Waals surface area (Å²) < 4.78 is 6.53. The van der Waals surface area contributed by atoms with E-state index in [-0.39, 0.29) is 0 Å². The lowest BCUT2D eigenvalue weighted by Gasteiger charge is -2.09. The number of hydrogen-bond acceptors (Lipinski definition) is 2. The maximum Gasteiger partial charge on any atom is 0.0728 e. The Bertz CT molecular complexity index is 312. The van der Waals surface area contributed by atoms with Gasteiger partial charge in [0.1, 0.15) is 0 Å². The first-order valence-corrected chi connectivity index (χ1v) is 6.01. The van der Waals surface area contributed by atoms with E-state index in [1.807, 2.05) is 18.2 Å². The van der Waals surface area contributed by atoms with E-state index >= 15 is 0 Å². The van der Waals surface area contributed by atoms with Gasteiger partial charge < -0.3 is 10.5 Å². The topological polar surface area (TPSA) is 35.2 Å². The summed E-state index contributed by atoms with van der Waals surface area (Å²) in [5.41, 5.74) is 7.64. The van der Waals surface area contributed by atoms with Crippen molar-refractivity contribution in [1.82, 2.24) is 0 Å². The highest BCUT2D eigenvalue weighted by atomic mass is 79.9. The second-order valence-corrected chi connectivity index (χ2v) is 4.85. The lowest BCUT2D eigenvalue weighted by molar-refractivity contribution is 0.110. The van der Waals surface area contributed by atoms with Gasteiger partial charge in [-0.2, -0.15) is 0 Å². The van der Waals surface area contributed by atoms with E-state index in [1.165, 1.54) is 0 Å².